The van der Waals surface area contributed by atoms with Gasteiger partial charge in [0.15, 0.2) is 0 Å². The molecule has 0 radical (unpaired) electrons. The van der Waals surface area contributed by atoms with Crippen LogP contribution in [-0.4, -0.2) is 15.0 Å². The van der Waals surface area contributed by atoms with Gasteiger partial charge in [-0.05, 0) is 36.8 Å². The molecular weight excluding hydrogens is 250 g/mol. The number of aromatic nitrogens is 3. The Morgan fingerprint density at radius 1 is 1.15 bits per heavy atom. The molecule has 0 aliphatic rings. The first-order valence-corrected chi connectivity index (χ1v) is 6.36. The third kappa shape index (κ3) is 2.08. The fourth-order valence-corrected chi connectivity index (χ4v) is 2.16. The highest BCUT2D eigenvalue weighted by atomic mass is 14.8. The van der Waals surface area contributed by atoms with E-state index in [9.17, 15) is 0 Å². The van der Waals surface area contributed by atoms with Crippen molar-refractivity contribution in [1.29, 1.82) is 0 Å². The summed E-state index contributed by atoms with van der Waals surface area (Å²) >= 11 is 0. The van der Waals surface area contributed by atoms with Crippen LogP contribution in [0.3, 0.4) is 0 Å². The number of anilines is 1. The zero-order valence-electron chi connectivity index (χ0n) is 11.2. The van der Waals surface area contributed by atoms with E-state index in [-0.39, 0.29) is 0 Å². The fraction of sp³-hybridized carbons (Fsp3) is 0.133. The average molecular weight is 265 g/mol. The molecule has 0 aliphatic heterocycles. The van der Waals surface area contributed by atoms with E-state index >= 15 is 0 Å². The van der Waals surface area contributed by atoms with Gasteiger partial charge in [-0.25, -0.2) is 9.97 Å². The number of hydrogen-bond acceptors (Lipinski definition) is 5. The first kappa shape index (κ1) is 12.5. The van der Waals surface area contributed by atoms with Crippen LogP contribution in [-0.2, 0) is 6.54 Å². The average Bonchev–Trinajstić information content (AvgIpc) is 2.47. The summed E-state index contributed by atoms with van der Waals surface area (Å²) in [6.45, 7) is 2.41. The molecule has 0 saturated heterocycles. The maximum absolute atomic E-state index is 6.10. The van der Waals surface area contributed by atoms with E-state index in [2.05, 4.69) is 15.0 Å². The summed E-state index contributed by atoms with van der Waals surface area (Å²) in [6, 6.07) is 7.55. The molecule has 3 aromatic rings. The highest BCUT2D eigenvalue weighted by Crippen LogP contribution is 2.26. The van der Waals surface area contributed by atoms with Gasteiger partial charge in [-0.1, -0.05) is 0 Å². The molecule has 100 valence electrons. The Balaban J connectivity index is 2.23. The van der Waals surface area contributed by atoms with Gasteiger partial charge in [0.25, 0.3) is 0 Å². The van der Waals surface area contributed by atoms with E-state index in [1.165, 1.54) is 0 Å². The van der Waals surface area contributed by atoms with Crippen molar-refractivity contribution < 1.29 is 0 Å². The summed E-state index contributed by atoms with van der Waals surface area (Å²) in [5, 5.41) is 0. The van der Waals surface area contributed by atoms with E-state index in [1.807, 2.05) is 31.2 Å². The van der Waals surface area contributed by atoms with Crippen molar-refractivity contribution >= 4 is 16.7 Å². The minimum atomic E-state index is 0.388. The number of fused-ring (bicyclic) bond motifs is 1. The van der Waals surface area contributed by atoms with Gasteiger partial charge in [0, 0.05) is 24.5 Å². The molecule has 3 aromatic heterocycles. The maximum atomic E-state index is 6.10. The van der Waals surface area contributed by atoms with Crippen LogP contribution in [0.2, 0.25) is 0 Å². The lowest BCUT2D eigenvalue weighted by atomic mass is 10.1. The second kappa shape index (κ2) is 4.86. The molecule has 4 N–H and O–H groups in total. The molecule has 20 heavy (non-hydrogen) atoms. The molecule has 0 amide bonds. The third-order valence-electron chi connectivity index (χ3n) is 3.26. The van der Waals surface area contributed by atoms with Crippen LogP contribution in [0, 0.1) is 6.92 Å². The van der Waals surface area contributed by atoms with Crippen molar-refractivity contribution in [3.63, 3.8) is 0 Å². The number of pyridine rings is 3. The predicted molar refractivity (Wildman–Crippen MR) is 79.8 cm³/mol. The molecule has 0 aliphatic carbocycles. The molecule has 0 atom stereocenters. The van der Waals surface area contributed by atoms with Crippen molar-refractivity contribution in [1.82, 2.24) is 15.0 Å². The molecule has 3 rings (SSSR count). The maximum Gasteiger partial charge on any atom is 0.112 e. The zero-order chi connectivity index (χ0) is 14.1. The Morgan fingerprint density at radius 2 is 2.00 bits per heavy atom. The normalized spacial score (nSPS) is 10.9. The van der Waals surface area contributed by atoms with E-state index < -0.39 is 0 Å². The second-order valence-electron chi connectivity index (χ2n) is 4.66. The number of rotatable bonds is 2. The predicted octanol–water partition coefficient (Wildman–Crippen LogP) is 2.04. The van der Waals surface area contributed by atoms with Gasteiger partial charge < -0.3 is 11.5 Å². The molecule has 0 aromatic carbocycles. The van der Waals surface area contributed by atoms with Crippen LogP contribution in [0.15, 0.2) is 36.7 Å². The van der Waals surface area contributed by atoms with Gasteiger partial charge in [0.2, 0.25) is 0 Å². The molecular formula is C15H15N5. The van der Waals surface area contributed by atoms with E-state index in [4.69, 9.17) is 11.5 Å². The van der Waals surface area contributed by atoms with Crippen LogP contribution in [0.25, 0.3) is 22.3 Å². The standard InChI is InChI=1S/C15H15N5/c1-9-4-5-18-8-11(9)14-6-12(17)15-13(20-14)3-2-10(7-16)19-15/h2-6,8H,7,16H2,1H3,(H2,17,20). The van der Waals surface area contributed by atoms with Gasteiger partial charge in [0.05, 0.1) is 22.6 Å². The number of nitrogens with two attached hydrogens (primary N) is 2. The van der Waals surface area contributed by atoms with E-state index in [0.717, 1.165) is 28.0 Å². The summed E-state index contributed by atoms with van der Waals surface area (Å²) in [5.41, 5.74) is 17.5. The molecule has 0 unspecified atom stereocenters. The number of nitrogens with zero attached hydrogens (tertiary/aromatic N) is 3. The van der Waals surface area contributed by atoms with Gasteiger partial charge >= 0.3 is 0 Å². The lowest BCUT2D eigenvalue weighted by Crippen LogP contribution is -2.02. The Kier molecular flexibility index (Phi) is 3.04. The Hall–Kier alpha value is -2.53. The van der Waals surface area contributed by atoms with Gasteiger partial charge in [-0.3, -0.25) is 4.98 Å². The van der Waals surface area contributed by atoms with Crippen molar-refractivity contribution in [2.24, 2.45) is 5.73 Å². The molecule has 0 fully saturated rings. The topological polar surface area (TPSA) is 90.7 Å². The summed E-state index contributed by atoms with van der Waals surface area (Å²) < 4.78 is 0. The molecule has 0 bridgehead atoms. The molecule has 0 spiro atoms. The number of nitrogen functional groups attached to an aromatic ring is 1. The lowest BCUT2D eigenvalue weighted by Gasteiger charge is -2.08. The largest absolute Gasteiger partial charge is 0.397 e. The first-order valence-electron chi connectivity index (χ1n) is 6.36. The Morgan fingerprint density at radius 3 is 2.75 bits per heavy atom. The second-order valence-corrected chi connectivity index (χ2v) is 4.66. The number of hydrogen-bond donors (Lipinski definition) is 2. The van der Waals surface area contributed by atoms with Gasteiger partial charge in [-0.2, -0.15) is 0 Å². The van der Waals surface area contributed by atoms with Crippen LogP contribution >= 0.6 is 0 Å². The monoisotopic (exact) mass is 265 g/mol. The van der Waals surface area contributed by atoms with Crippen LogP contribution in [0.1, 0.15) is 11.3 Å². The Labute approximate surface area is 116 Å². The summed E-state index contributed by atoms with van der Waals surface area (Å²) in [6.07, 6.45) is 3.56. The lowest BCUT2D eigenvalue weighted by molar-refractivity contribution is 1.01. The highest BCUT2D eigenvalue weighted by Gasteiger charge is 2.09. The molecule has 0 saturated carbocycles. The van der Waals surface area contributed by atoms with Crippen molar-refractivity contribution in [2.75, 3.05) is 5.73 Å². The third-order valence-corrected chi connectivity index (χ3v) is 3.26. The summed E-state index contributed by atoms with van der Waals surface area (Å²) in [7, 11) is 0. The van der Waals surface area contributed by atoms with E-state index in [0.29, 0.717) is 17.7 Å². The van der Waals surface area contributed by atoms with Gasteiger partial charge in [0.1, 0.15) is 5.52 Å². The van der Waals surface area contributed by atoms with Crippen molar-refractivity contribution in [3.8, 4) is 11.3 Å². The van der Waals surface area contributed by atoms with E-state index in [1.54, 1.807) is 12.4 Å². The van der Waals surface area contributed by atoms with Crippen molar-refractivity contribution in [3.05, 3.63) is 47.9 Å². The highest BCUT2D eigenvalue weighted by molar-refractivity contribution is 5.89. The van der Waals surface area contributed by atoms with Crippen LogP contribution in [0.4, 0.5) is 5.69 Å². The summed E-state index contributed by atoms with van der Waals surface area (Å²) in [4.78, 5) is 13.2. The Bertz CT molecular complexity index is 782. The van der Waals surface area contributed by atoms with Gasteiger partial charge in [-0.15, -0.1) is 0 Å². The van der Waals surface area contributed by atoms with Crippen LogP contribution < -0.4 is 11.5 Å². The fourth-order valence-electron chi connectivity index (χ4n) is 2.16. The van der Waals surface area contributed by atoms with Crippen LogP contribution in [0.5, 0.6) is 0 Å². The zero-order valence-corrected chi connectivity index (χ0v) is 11.2. The molecule has 5 heteroatoms. The molecule has 5 nitrogen and oxygen atoms in total. The SMILES string of the molecule is Cc1ccncc1-c1cc(N)c2nc(CN)ccc2n1. The smallest absolute Gasteiger partial charge is 0.112 e. The van der Waals surface area contributed by atoms with Crippen molar-refractivity contribution in [2.45, 2.75) is 13.5 Å². The quantitative estimate of drug-likeness (QED) is 0.740. The number of aryl methyl sites for hydroxylation is 1. The summed E-state index contributed by atoms with van der Waals surface area (Å²) in [5.74, 6) is 0. The molecule has 3 heterocycles. The first-order chi connectivity index (χ1) is 9.69. The minimum absolute atomic E-state index is 0.388. The minimum Gasteiger partial charge on any atom is -0.397 e.